The number of amides is 2. The molecule has 1 N–H and O–H groups in total. The number of carbonyl (C=O) groups excluding carboxylic acids is 2. The van der Waals surface area contributed by atoms with E-state index in [1.807, 2.05) is 20.8 Å². The first-order chi connectivity index (χ1) is 19.4. The van der Waals surface area contributed by atoms with Crippen molar-refractivity contribution in [2.24, 2.45) is 5.92 Å². The largest absolute Gasteiger partial charge is 0.495 e. The van der Waals surface area contributed by atoms with Gasteiger partial charge < -0.3 is 15.0 Å². The van der Waals surface area contributed by atoms with Crippen LogP contribution in [0.5, 0.6) is 5.75 Å². The molecule has 8 nitrogen and oxygen atoms in total. The first kappa shape index (κ1) is 32.2. The zero-order valence-electron chi connectivity index (χ0n) is 23.7. The van der Waals surface area contributed by atoms with Gasteiger partial charge in [0, 0.05) is 28.7 Å². The van der Waals surface area contributed by atoms with Crippen LogP contribution in [0, 0.1) is 12.8 Å². The lowest BCUT2D eigenvalue weighted by atomic mass is 10.1. The minimum absolute atomic E-state index is 0.000202. The molecule has 41 heavy (non-hydrogen) atoms. The summed E-state index contributed by atoms with van der Waals surface area (Å²) in [5.41, 5.74) is 1.40. The van der Waals surface area contributed by atoms with Gasteiger partial charge in [-0.25, -0.2) is 8.42 Å². The molecule has 0 radical (unpaired) electrons. The highest BCUT2D eigenvalue weighted by Crippen LogP contribution is 2.34. The molecule has 0 aliphatic rings. The molecule has 1 atom stereocenters. The molecule has 0 heterocycles. The fraction of sp³-hybridized carbons (Fsp3) is 0.333. The van der Waals surface area contributed by atoms with Crippen molar-refractivity contribution in [2.45, 2.75) is 45.2 Å². The number of hydrogen-bond acceptors (Lipinski definition) is 5. The molecule has 0 fully saturated rings. The summed E-state index contributed by atoms with van der Waals surface area (Å²) >= 11 is 12.9. The maximum Gasteiger partial charge on any atom is 0.264 e. The molecular formula is C30H35Cl2N3O5S. The minimum atomic E-state index is -4.24. The summed E-state index contributed by atoms with van der Waals surface area (Å²) in [4.78, 5) is 28.6. The van der Waals surface area contributed by atoms with Gasteiger partial charge in [0.1, 0.15) is 18.3 Å². The molecule has 11 heteroatoms. The monoisotopic (exact) mass is 619 g/mol. The molecule has 3 aromatic rings. The zero-order valence-corrected chi connectivity index (χ0v) is 26.1. The Balaban J connectivity index is 2.11. The average molecular weight is 621 g/mol. The van der Waals surface area contributed by atoms with Gasteiger partial charge in [-0.1, -0.05) is 67.4 Å². The van der Waals surface area contributed by atoms with Crippen molar-refractivity contribution in [2.75, 3.05) is 24.5 Å². The van der Waals surface area contributed by atoms with Crippen molar-refractivity contribution >= 4 is 50.7 Å². The van der Waals surface area contributed by atoms with Gasteiger partial charge >= 0.3 is 0 Å². The quantitative estimate of drug-likeness (QED) is 0.281. The minimum Gasteiger partial charge on any atom is -0.495 e. The van der Waals surface area contributed by atoms with Gasteiger partial charge in [-0.3, -0.25) is 13.9 Å². The first-order valence-electron chi connectivity index (χ1n) is 13.1. The summed E-state index contributed by atoms with van der Waals surface area (Å²) in [6.07, 6.45) is 0. The number of aryl methyl sites for hydroxylation is 1. The lowest BCUT2D eigenvalue weighted by Gasteiger charge is -2.33. The van der Waals surface area contributed by atoms with E-state index in [4.69, 9.17) is 27.9 Å². The number of nitrogens with zero attached hydrogens (tertiary/aromatic N) is 2. The number of halogens is 2. The number of anilines is 1. The molecule has 0 aliphatic carbocycles. The second-order valence-electron chi connectivity index (χ2n) is 10.0. The molecule has 0 aliphatic heterocycles. The van der Waals surface area contributed by atoms with E-state index in [0.717, 1.165) is 9.87 Å². The van der Waals surface area contributed by atoms with E-state index in [1.165, 1.54) is 24.1 Å². The third-order valence-corrected chi connectivity index (χ3v) is 8.94. The molecule has 0 bridgehead atoms. The molecule has 0 saturated carbocycles. The number of rotatable bonds is 12. The highest BCUT2D eigenvalue weighted by Gasteiger charge is 2.34. The Kier molecular flexibility index (Phi) is 11.1. The predicted molar refractivity (Wildman–Crippen MR) is 163 cm³/mol. The lowest BCUT2D eigenvalue weighted by Crippen LogP contribution is -2.51. The van der Waals surface area contributed by atoms with E-state index in [9.17, 15) is 18.0 Å². The normalized spacial score (nSPS) is 12.1. The Morgan fingerprint density at radius 2 is 1.59 bits per heavy atom. The van der Waals surface area contributed by atoms with E-state index >= 15 is 0 Å². The molecular weight excluding hydrogens is 585 g/mol. The zero-order chi connectivity index (χ0) is 30.3. The van der Waals surface area contributed by atoms with Gasteiger partial charge in [-0.2, -0.15) is 0 Å². The Hall–Kier alpha value is -3.27. The smallest absolute Gasteiger partial charge is 0.264 e. The van der Waals surface area contributed by atoms with Gasteiger partial charge in [0.05, 0.1) is 17.7 Å². The summed E-state index contributed by atoms with van der Waals surface area (Å²) in [6.45, 7) is 7.00. The fourth-order valence-corrected chi connectivity index (χ4v) is 6.07. The number of ether oxygens (including phenoxy) is 1. The molecule has 0 aromatic heterocycles. The Bertz CT molecular complexity index is 1460. The van der Waals surface area contributed by atoms with Gasteiger partial charge in [0.2, 0.25) is 11.8 Å². The summed E-state index contributed by atoms with van der Waals surface area (Å²) in [7, 11) is -2.81. The molecule has 2 amide bonds. The van der Waals surface area contributed by atoms with E-state index in [-0.39, 0.29) is 34.7 Å². The number of nitrogens with one attached hydrogen (secondary N) is 1. The second-order valence-corrected chi connectivity index (χ2v) is 12.7. The second kappa shape index (κ2) is 14.1. The maximum absolute atomic E-state index is 14.1. The Morgan fingerprint density at radius 3 is 2.17 bits per heavy atom. The first-order valence-corrected chi connectivity index (χ1v) is 15.3. The van der Waals surface area contributed by atoms with Gasteiger partial charge in [-0.05, 0) is 61.7 Å². The van der Waals surface area contributed by atoms with Crippen LogP contribution in [0.4, 0.5) is 5.69 Å². The van der Waals surface area contributed by atoms with Crippen molar-refractivity contribution in [1.29, 1.82) is 0 Å². The fourth-order valence-electron chi connectivity index (χ4n) is 4.12. The molecule has 3 rings (SSSR count). The highest BCUT2D eigenvalue weighted by atomic mass is 35.5. The highest BCUT2D eigenvalue weighted by molar-refractivity contribution is 7.92. The molecule has 220 valence electrons. The van der Waals surface area contributed by atoms with Gasteiger partial charge in [0.25, 0.3) is 10.0 Å². The van der Waals surface area contributed by atoms with Crippen LogP contribution in [-0.4, -0.2) is 51.4 Å². The number of carbonyl (C=O) groups is 2. The summed E-state index contributed by atoms with van der Waals surface area (Å²) in [5, 5.41) is 3.49. The Labute approximate surface area is 252 Å². The van der Waals surface area contributed by atoms with Crippen molar-refractivity contribution in [3.8, 4) is 5.75 Å². The predicted octanol–water partition coefficient (Wildman–Crippen LogP) is 5.70. The van der Waals surface area contributed by atoms with Crippen LogP contribution in [0.15, 0.2) is 71.6 Å². The standard InChI is InChI=1S/C30H35Cl2N3O5S/c1-20(2)17-33-30(37)22(4)34(18-24-25(31)12-9-13-26(24)32)29(36)19-35(27-16-21(3)14-15-28(27)40-5)41(38,39)23-10-7-6-8-11-23/h6-16,20,22H,17-19H2,1-5H3,(H,33,37)/t22-/m0/s1. The molecule has 3 aromatic carbocycles. The number of sulfonamides is 1. The van der Waals surface area contributed by atoms with Gasteiger partial charge in [0.15, 0.2) is 0 Å². The van der Waals surface area contributed by atoms with Crippen molar-refractivity contribution in [3.63, 3.8) is 0 Å². The maximum atomic E-state index is 14.1. The van der Waals surface area contributed by atoms with Crippen LogP contribution in [-0.2, 0) is 26.2 Å². The number of benzene rings is 3. The van der Waals surface area contributed by atoms with E-state index in [2.05, 4.69) is 5.32 Å². The van der Waals surface area contributed by atoms with Crippen LogP contribution in [0.1, 0.15) is 31.9 Å². The summed E-state index contributed by atoms with van der Waals surface area (Å²) < 4.78 is 34.5. The van der Waals surface area contributed by atoms with Gasteiger partial charge in [-0.15, -0.1) is 0 Å². The SMILES string of the molecule is COc1ccc(C)cc1N(CC(=O)N(Cc1c(Cl)cccc1Cl)[C@@H](C)C(=O)NCC(C)C)S(=O)(=O)c1ccccc1. The number of hydrogen-bond donors (Lipinski definition) is 1. The van der Waals surface area contributed by atoms with Crippen molar-refractivity contribution in [1.82, 2.24) is 10.2 Å². The summed E-state index contributed by atoms with van der Waals surface area (Å²) in [6, 6.07) is 16.9. The van der Waals surface area contributed by atoms with E-state index in [1.54, 1.807) is 61.5 Å². The lowest BCUT2D eigenvalue weighted by molar-refractivity contribution is -0.139. The average Bonchev–Trinajstić information content (AvgIpc) is 2.94. The van der Waals surface area contributed by atoms with Crippen LogP contribution in [0.2, 0.25) is 10.0 Å². The van der Waals surface area contributed by atoms with Crippen LogP contribution in [0.3, 0.4) is 0 Å². The third-order valence-electron chi connectivity index (χ3n) is 6.46. The van der Waals surface area contributed by atoms with Crippen molar-refractivity contribution in [3.05, 3.63) is 87.9 Å². The van der Waals surface area contributed by atoms with E-state index < -0.39 is 28.5 Å². The van der Waals surface area contributed by atoms with Crippen LogP contribution >= 0.6 is 23.2 Å². The number of methoxy groups -OCH3 is 1. The molecule has 0 saturated heterocycles. The Morgan fingerprint density at radius 1 is 0.951 bits per heavy atom. The van der Waals surface area contributed by atoms with Crippen molar-refractivity contribution < 1.29 is 22.7 Å². The van der Waals surface area contributed by atoms with Crippen LogP contribution < -0.4 is 14.4 Å². The third kappa shape index (κ3) is 7.93. The van der Waals surface area contributed by atoms with E-state index in [0.29, 0.717) is 22.2 Å². The summed E-state index contributed by atoms with van der Waals surface area (Å²) in [5.74, 6) is -0.558. The molecule has 0 unspecified atom stereocenters. The van der Waals surface area contributed by atoms with Crippen LogP contribution in [0.25, 0.3) is 0 Å². The topological polar surface area (TPSA) is 96.0 Å². The molecule has 0 spiro atoms.